The number of ether oxygens (including phenoxy) is 1. The minimum absolute atomic E-state index is 0.0510. The van der Waals surface area contributed by atoms with E-state index in [2.05, 4.69) is 22.5 Å². The zero-order valence-electron chi connectivity index (χ0n) is 14.7. The van der Waals surface area contributed by atoms with Gasteiger partial charge in [-0.25, -0.2) is 14.5 Å². The first kappa shape index (κ1) is 20.6. The molecule has 5 amide bonds. The fourth-order valence-corrected chi connectivity index (χ4v) is 1.95. The molecule has 0 fully saturated rings. The van der Waals surface area contributed by atoms with Crippen molar-refractivity contribution in [1.82, 2.24) is 15.5 Å². The molecular formula is C17H23N5O4. The zero-order chi connectivity index (χ0) is 19.5. The maximum Gasteiger partial charge on any atom is 0.327 e. The van der Waals surface area contributed by atoms with Crippen molar-refractivity contribution in [2.24, 2.45) is 5.73 Å². The van der Waals surface area contributed by atoms with Crippen LogP contribution in [0.1, 0.15) is 0 Å². The normalized spacial score (nSPS) is 10.5. The van der Waals surface area contributed by atoms with Gasteiger partial charge in [0.1, 0.15) is 5.75 Å². The Morgan fingerprint density at radius 2 is 1.92 bits per heavy atom. The van der Waals surface area contributed by atoms with Crippen molar-refractivity contribution in [2.45, 2.75) is 0 Å². The van der Waals surface area contributed by atoms with E-state index in [9.17, 15) is 14.4 Å². The molecule has 9 heteroatoms. The maximum atomic E-state index is 12.2. The number of carbonyl (C=O) groups excluding carboxylic acids is 3. The minimum Gasteiger partial charge on any atom is -0.497 e. The zero-order valence-corrected chi connectivity index (χ0v) is 14.7. The van der Waals surface area contributed by atoms with Crippen LogP contribution in [0.25, 0.3) is 0 Å². The highest BCUT2D eigenvalue weighted by atomic mass is 16.5. The van der Waals surface area contributed by atoms with Gasteiger partial charge in [-0.1, -0.05) is 18.7 Å². The standard InChI is InChI=1S/C17H23N5O4/c1-4-5-12(15(23)19-2)10-22(16(18)24)17(25)21-11-20-13-6-8-14(26-3)9-7-13/h4-9,20H,1,10-11H2,2-3H3,(H2,18,24)(H,19,23)(H,21,25)/b12-5-. The number of carbonyl (C=O) groups is 3. The summed E-state index contributed by atoms with van der Waals surface area (Å²) < 4.78 is 5.05. The Balaban J connectivity index is 2.67. The van der Waals surface area contributed by atoms with E-state index in [1.54, 1.807) is 31.4 Å². The first-order chi connectivity index (χ1) is 12.4. The van der Waals surface area contributed by atoms with Gasteiger partial charge in [-0.2, -0.15) is 0 Å². The molecule has 0 saturated heterocycles. The fraction of sp³-hybridized carbons (Fsp3) is 0.235. The van der Waals surface area contributed by atoms with Gasteiger partial charge >= 0.3 is 12.1 Å². The summed E-state index contributed by atoms with van der Waals surface area (Å²) in [4.78, 5) is 36.3. The Labute approximate surface area is 151 Å². The number of amides is 5. The van der Waals surface area contributed by atoms with Crippen LogP contribution < -0.4 is 26.4 Å². The molecule has 0 aliphatic carbocycles. The van der Waals surface area contributed by atoms with Gasteiger partial charge in [-0.05, 0) is 24.3 Å². The number of benzene rings is 1. The number of hydrogen-bond donors (Lipinski definition) is 4. The number of nitrogens with two attached hydrogens (primary N) is 1. The highest BCUT2D eigenvalue weighted by Gasteiger charge is 2.22. The third-order valence-electron chi connectivity index (χ3n) is 3.30. The predicted octanol–water partition coefficient (Wildman–Crippen LogP) is 1.01. The number of methoxy groups -OCH3 is 1. The van der Waals surface area contributed by atoms with Gasteiger partial charge in [0.15, 0.2) is 0 Å². The molecule has 0 bridgehead atoms. The topological polar surface area (TPSA) is 126 Å². The van der Waals surface area contributed by atoms with Crippen LogP contribution >= 0.6 is 0 Å². The third-order valence-corrected chi connectivity index (χ3v) is 3.30. The van der Waals surface area contributed by atoms with Crippen LogP contribution in [0.3, 0.4) is 0 Å². The van der Waals surface area contributed by atoms with E-state index in [4.69, 9.17) is 10.5 Å². The molecule has 140 valence electrons. The molecule has 26 heavy (non-hydrogen) atoms. The molecule has 0 atom stereocenters. The molecular weight excluding hydrogens is 338 g/mol. The SMILES string of the molecule is C=C/C=C(/CN(C(N)=O)C(=O)NCNc1ccc(OC)cc1)C(=O)NC. The second kappa shape index (κ2) is 10.4. The monoisotopic (exact) mass is 361 g/mol. The molecule has 0 aromatic heterocycles. The average molecular weight is 361 g/mol. The lowest BCUT2D eigenvalue weighted by Crippen LogP contribution is -2.49. The first-order valence-electron chi connectivity index (χ1n) is 7.69. The molecule has 0 saturated carbocycles. The van der Waals surface area contributed by atoms with E-state index in [0.717, 1.165) is 10.6 Å². The Morgan fingerprint density at radius 3 is 2.42 bits per heavy atom. The van der Waals surface area contributed by atoms with Crippen LogP contribution in [0.5, 0.6) is 5.75 Å². The lowest BCUT2D eigenvalue weighted by Gasteiger charge is -2.20. The molecule has 0 heterocycles. The number of hydrogen-bond acceptors (Lipinski definition) is 5. The van der Waals surface area contributed by atoms with E-state index in [0.29, 0.717) is 5.75 Å². The predicted molar refractivity (Wildman–Crippen MR) is 98.7 cm³/mol. The number of primary amides is 1. The average Bonchev–Trinajstić information content (AvgIpc) is 2.64. The number of imide groups is 1. The van der Waals surface area contributed by atoms with E-state index in [1.165, 1.54) is 19.2 Å². The number of nitrogens with zero attached hydrogens (tertiary/aromatic N) is 1. The third kappa shape index (κ3) is 6.19. The van der Waals surface area contributed by atoms with E-state index in [1.807, 2.05) is 0 Å². The number of nitrogens with one attached hydrogen (secondary N) is 3. The molecule has 0 spiro atoms. The second-order valence-corrected chi connectivity index (χ2v) is 5.00. The molecule has 9 nitrogen and oxygen atoms in total. The molecule has 0 aliphatic rings. The highest BCUT2D eigenvalue weighted by Crippen LogP contribution is 2.14. The summed E-state index contributed by atoms with van der Waals surface area (Å²) in [5.41, 5.74) is 6.16. The number of urea groups is 2. The van der Waals surface area contributed by atoms with Crippen molar-refractivity contribution >= 4 is 23.7 Å². The van der Waals surface area contributed by atoms with Crippen molar-refractivity contribution in [3.63, 3.8) is 0 Å². The molecule has 0 radical (unpaired) electrons. The smallest absolute Gasteiger partial charge is 0.327 e. The van der Waals surface area contributed by atoms with Crippen molar-refractivity contribution in [2.75, 3.05) is 32.7 Å². The summed E-state index contributed by atoms with van der Waals surface area (Å²) in [7, 11) is 3.00. The Bertz CT molecular complexity index is 685. The number of rotatable bonds is 8. The summed E-state index contributed by atoms with van der Waals surface area (Å²) in [6.07, 6.45) is 2.78. The van der Waals surface area contributed by atoms with Gasteiger partial charge in [-0.3, -0.25) is 4.79 Å². The lowest BCUT2D eigenvalue weighted by atomic mass is 10.2. The van der Waals surface area contributed by atoms with Gasteiger partial charge in [-0.15, -0.1) is 0 Å². The number of likely N-dealkylation sites (N-methyl/N-ethyl adjacent to an activating group) is 1. The van der Waals surface area contributed by atoms with Crippen LogP contribution in [-0.4, -0.2) is 50.2 Å². The van der Waals surface area contributed by atoms with Crippen LogP contribution in [0, 0.1) is 0 Å². The summed E-state index contributed by atoms with van der Waals surface area (Å²) in [5, 5.41) is 7.88. The lowest BCUT2D eigenvalue weighted by molar-refractivity contribution is -0.117. The van der Waals surface area contributed by atoms with E-state index >= 15 is 0 Å². The van der Waals surface area contributed by atoms with Gasteiger partial charge in [0, 0.05) is 18.3 Å². The summed E-state index contributed by atoms with van der Waals surface area (Å²) in [6.45, 7) is 3.27. The van der Waals surface area contributed by atoms with Crippen LogP contribution in [0.4, 0.5) is 15.3 Å². The van der Waals surface area contributed by atoms with Crippen LogP contribution in [0.2, 0.25) is 0 Å². The molecule has 1 aromatic carbocycles. The largest absolute Gasteiger partial charge is 0.497 e. The summed E-state index contributed by atoms with van der Waals surface area (Å²) in [5.74, 6) is 0.260. The Hall–Kier alpha value is -3.49. The van der Waals surface area contributed by atoms with Crippen LogP contribution in [-0.2, 0) is 4.79 Å². The molecule has 0 aliphatic heterocycles. The van der Waals surface area contributed by atoms with Crippen molar-refractivity contribution in [3.8, 4) is 5.75 Å². The highest BCUT2D eigenvalue weighted by molar-refractivity contribution is 5.98. The van der Waals surface area contributed by atoms with Gasteiger partial charge < -0.3 is 26.4 Å². The van der Waals surface area contributed by atoms with E-state index in [-0.39, 0.29) is 18.8 Å². The van der Waals surface area contributed by atoms with Crippen LogP contribution in [0.15, 0.2) is 48.6 Å². The summed E-state index contributed by atoms with van der Waals surface area (Å²) in [6, 6.07) is 5.34. The second-order valence-electron chi connectivity index (χ2n) is 5.00. The molecule has 1 aromatic rings. The quantitative estimate of drug-likeness (QED) is 0.312. The first-order valence-corrected chi connectivity index (χ1v) is 7.69. The number of allylic oxidation sites excluding steroid dienone is 2. The van der Waals surface area contributed by atoms with E-state index < -0.39 is 18.0 Å². The molecule has 0 unspecified atom stereocenters. The Kier molecular flexibility index (Phi) is 8.21. The molecule has 5 N–H and O–H groups in total. The van der Waals surface area contributed by atoms with Gasteiger partial charge in [0.2, 0.25) is 5.91 Å². The van der Waals surface area contributed by atoms with Gasteiger partial charge in [0.25, 0.3) is 0 Å². The molecule has 1 rings (SSSR count). The Morgan fingerprint density at radius 1 is 1.27 bits per heavy atom. The maximum absolute atomic E-state index is 12.2. The summed E-state index contributed by atoms with van der Waals surface area (Å²) >= 11 is 0. The van der Waals surface area contributed by atoms with Crippen molar-refractivity contribution in [1.29, 1.82) is 0 Å². The van der Waals surface area contributed by atoms with Crippen molar-refractivity contribution in [3.05, 3.63) is 48.6 Å². The van der Waals surface area contributed by atoms with Gasteiger partial charge in [0.05, 0.1) is 20.3 Å². The van der Waals surface area contributed by atoms with Crippen molar-refractivity contribution < 1.29 is 19.1 Å². The fourth-order valence-electron chi connectivity index (χ4n) is 1.95. The number of anilines is 1. The minimum atomic E-state index is -0.981.